The van der Waals surface area contributed by atoms with Gasteiger partial charge in [-0.2, -0.15) is 0 Å². The maximum absolute atomic E-state index is 13.7. The largest absolute Gasteiger partial charge is 0.357 e. The van der Waals surface area contributed by atoms with Crippen molar-refractivity contribution in [2.75, 3.05) is 20.1 Å². The molecule has 2 aliphatic rings. The highest BCUT2D eigenvalue weighted by molar-refractivity contribution is 9.10. The average Bonchev–Trinajstić information content (AvgIpc) is 3.13. The minimum Gasteiger partial charge on any atom is -0.357 e. The number of nitrogens with one attached hydrogen (secondary N) is 2. The third-order valence-electron chi connectivity index (χ3n) is 7.85. The highest BCUT2D eigenvalue weighted by Crippen LogP contribution is 2.24. The summed E-state index contributed by atoms with van der Waals surface area (Å²) in [5.41, 5.74) is 1.80. The van der Waals surface area contributed by atoms with E-state index in [0.717, 1.165) is 12.0 Å². The van der Waals surface area contributed by atoms with Crippen LogP contribution in [0.15, 0.2) is 54.6 Å². The predicted octanol–water partition coefficient (Wildman–Crippen LogP) is 3.32. The number of carbonyl (C=O) groups is 5. The molecule has 2 aromatic rings. The van der Waals surface area contributed by atoms with Gasteiger partial charge in [0.25, 0.3) is 11.8 Å². The van der Waals surface area contributed by atoms with Crippen LogP contribution < -0.4 is 10.6 Å². The van der Waals surface area contributed by atoms with Gasteiger partial charge in [0, 0.05) is 26.6 Å². The molecule has 9 nitrogen and oxygen atoms in total. The number of benzene rings is 2. The first-order chi connectivity index (χ1) is 19.7. The molecule has 0 aromatic heterocycles. The molecule has 2 N–H and O–H groups in total. The molecule has 0 saturated carbocycles. The van der Waals surface area contributed by atoms with Crippen LogP contribution in [0.4, 0.5) is 0 Å². The summed E-state index contributed by atoms with van der Waals surface area (Å²) in [6, 6.07) is 15.0. The smallest absolute Gasteiger partial charge is 0.261 e. The van der Waals surface area contributed by atoms with Crippen LogP contribution in [0.1, 0.15) is 65.3 Å². The van der Waals surface area contributed by atoms with Gasteiger partial charge >= 0.3 is 0 Å². The number of alkyl halides is 1. The molecular formula is C31H37BrN4O5. The molecule has 4 atom stereocenters. The normalized spacial score (nSPS) is 20.3. The fourth-order valence-electron chi connectivity index (χ4n) is 5.50. The fourth-order valence-corrected chi connectivity index (χ4v) is 5.95. The number of halogens is 1. The lowest BCUT2D eigenvalue weighted by Gasteiger charge is -2.32. The van der Waals surface area contributed by atoms with Crippen LogP contribution in [-0.4, -0.2) is 76.4 Å². The summed E-state index contributed by atoms with van der Waals surface area (Å²) >= 11 is 3.46. The Labute approximate surface area is 249 Å². The molecule has 2 heterocycles. The quantitative estimate of drug-likeness (QED) is 0.226. The van der Waals surface area contributed by atoms with Gasteiger partial charge in [-0.3, -0.25) is 28.9 Å². The summed E-state index contributed by atoms with van der Waals surface area (Å²) in [5.74, 6) is -1.17. The first-order valence-corrected chi connectivity index (χ1v) is 15.1. The van der Waals surface area contributed by atoms with Crippen molar-refractivity contribution in [3.05, 3.63) is 71.3 Å². The third-order valence-corrected chi connectivity index (χ3v) is 8.72. The Morgan fingerprint density at radius 1 is 0.951 bits per heavy atom. The molecule has 5 amide bonds. The number of amides is 5. The number of hydrogen-bond acceptors (Lipinski definition) is 5. The van der Waals surface area contributed by atoms with Gasteiger partial charge in [0.15, 0.2) is 0 Å². The summed E-state index contributed by atoms with van der Waals surface area (Å²) in [5, 5.41) is 5.62. The van der Waals surface area contributed by atoms with Crippen LogP contribution in [0.2, 0.25) is 0 Å². The summed E-state index contributed by atoms with van der Waals surface area (Å²) in [6.07, 6.45) is 3.25. The Kier molecular flexibility index (Phi) is 10.3. The Balaban J connectivity index is 1.33. The van der Waals surface area contributed by atoms with Gasteiger partial charge in [-0.05, 0) is 49.3 Å². The van der Waals surface area contributed by atoms with E-state index in [1.54, 1.807) is 36.2 Å². The van der Waals surface area contributed by atoms with Crippen LogP contribution in [0.3, 0.4) is 0 Å². The van der Waals surface area contributed by atoms with Gasteiger partial charge in [0.05, 0.1) is 16.0 Å². The van der Waals surface area contributed by atoms with Crippen LogP contribution >= 0.6 is 15.9 Å². The minimum atomic E-state index is -0.735. The molecule has 1 saturated heterocycles. The molecule has 2 aliphatic heterocycles. The number of hydrogen-bond donors (Lipinski definition) is 2. The highest BCUT2D eigenvalue weighted by atomic mass is 79.9. The van der Waals surface area contributed by atoms with Crippen LogP contribution in [0.5, 0.6) is 0 Å². The van der Waals surface area contributed by atoms with Gasteiger partial charge < -0.3 is 15.5 Å². The Morgan fingerprint density at radius 2 is 1.59 bits per heavy atom. The molecule has 4 unspecified atom stereocenters. The second-order valence-electron chi connectivity index (χ2n) is 10.8. The number of nitrogens with zero attached hydrogens (tertiary/aromatic N) is 2. The van der Waals surface area contributed by atoms with Gasteiger partial charge in [-0.25, -0.2) is 0 Å². The van der Waals surface area contributed by atoms with Crippen molar-refractivity contribution in [1.82, 2.24) is 20.4 Å². The Hall–Kier alpha value is -3.53. The minimum absolute atomic E-state index is 0.185. The maximum Gasteiger partial charge on any atom is 0.261 e. The second kappa shape index (κ2) is 13.9. The Bertz CT molecular complexity index is 1250. The van der Waals surface area contributed by atoms with E-state index >= 15 is 0 Å². The molecule has 41 heavy (non-hydrogen) atoms. The van der Waals surface area contributed by atoms with Crippen molar-refractivity contribution in [2.24, 2.45) is 5.92 Å². The lowest BCUT2D eigenvalue weighted by molar-refractivity contribution is -0.142. The molecule has 0 bridgehead atoms. The van der Waals surface area contributed by atoms with Crippen molar-refractivity contribution in [3.63, 3.8) is 0 Å². The molecule has 218 valence electrons. The molecule has 0 aliphatic carbocycles. The van der Waals surface area contributed by atoms with Gasteiger partial charge in [0.2, 0.25) is 17.7 Å². The van der Waals surface area contributed by atoms with Crippen LogP contribution in [-0.2, 0) is 20.8 Å². The SMILES string of the molecule is CNC(=O)C(Cc1ccccc1)N1CCC(C)CC(NC(=O)C(Br)CCCCN2C(=O)c3ccccc3C2=O)C1=O. The Morgan fingerprint density at radius 3 is 2.22 bits per heavy atom. The van der Waals surface area contributed by atoms with E-state index < -0.39 is 16.9 Å². The third kappa shape index (κ3) is 7.22. The van der Waals surface area contributed by atoms with Crippen molar-refractivity contribution < 1.29 is 24.0 Å². The first kappa shape index (κ1) is 30.4. The zero-order chi connectivity index (χ0) is 29.5. The van der Waals surface area contributed by atoms with E-state index in [4.69, 9.17) is 0 Å². The van der Waals surface area contributed by atoms with Gasteiger partial charge in [-0.1, -0.05) is 71.7 Å². The van der Waals surface area contributed by atoms with Crippen LogP contribution in [0.25, 0.3) is 0 Å². The zero-order valence-electron chi connectivity index (χ0n) is 23.5. The lowest BCUT2D eigenvalue weighted by atomic mass is 10.00. The molecule has 0 radical (unpaired) electrons. The molecule has 4 rings (SSSR count). The van der Waals surface area contributed by atoms with E-state index in [9.17, 15) is 24.0 Å². The summed E-state index contributed by atoms with van der Waals surface area (Å²) in [4.78, 5) is 67.2. The predicted molar refractivity (Wildman–Crippen MR) is 158 cm³/mol. The second-order valence-corrected chi connectivity index (χ2v) is 11.9. The fraction of sp³-hybridized carbons (Fsp3) is 0.452. The molecular weight excluding hydrogens is 588 g/mol. The number of imide groups is 1. The van der Waals surface area contributed by atoms with Crippen molar-refractivity contribution >= 4 is 45.5 Å². The van der Waals surface area contributed by atoms with E-state index in [-0.39, 0.29) is 42.0 Å². The monoisotopic (exact) mass is 624 g/mol. The number of rotatable bonds is 11. The molecule has 2 aromatic carbocycles. The number of unbranched alkanes of at least 4 members (excludes halogenated alkanes) is 1. The number of likely N-dealkylation sites (tertiary alicyclic amines) is 1. The molecule has 10 heteroatoms. The maximum atomic E-state index is 13.7. The number of fused-ring (bicyclic) bond motifs is 1. The van der Waals surface area contributed by atoms with E-state index in [1.165, 1.54) is 4.90 Å². The highest BCUT2D eigenvalue weighted by Gasteiger charge is 2.38. The first-order valence-electron chi connectivity index (χ1n) is 14.2. The summed E-state index contributed by atoms with van der Waals surface area (Å²) in [7, 11) is 1.56. The summed E-state index contributed by atoms with van der Waals surface area (Å²) < 4.78 is 0. The van der Waals surface area contributed by atoms with Crippen molar-refractivity contribution in [2.45, 2.75) is 62.4 Å². The standard InChI is InChI=1S/C31H37BrN4O5/c1-20-15-17-35(26(28(38)33-2)19-21-10-4-3-5-11-21)31(41)25(18-20)34-27(37)24(32)14-8-9-16-36-29(39)22-12-6-7-13-23(22)30(36)40/h3-7,10-13,20,24-26H,8-9,14-19H2,1-2H3,(H,33,38)(H,34,37). The molecule has 1 fully saturated rings. The van der Waals surface area contributed by atoms with E-state index in [0.29, 0.717) is 49.8 Å². The van der Waals surface area contributed by atoms with Crippen molar-refractivity contribution in [1.29, 1.82) is 0 Å². The topological polar surface area (TPSA) is 116 Å². The van der Waals surface area contributed by atoms with Crippen molar-refractivity contribution in [3.8, 4) is 0 Å². The molecule has 0 spiro atoms. The average molecular weight is 626 g/mol. The van der Waals surface area contributed by atoms with Gasteiger partial charge in [-0.15, -0.1) is 0 Å². The lowest BCUT2D eigenvalue weighted by Crippen LogP contribution is -2.56. The summed E-state index contributed by atoms with van der Waals surface area (Å²) in [6.45, 7) is 2.77. The number of likely N-dealkylation sites (N-methyl/N-ethyl adjacent to an activating group) is 1. The van der Waals surface area contributed by atoms with E-state index in [1.807, 2.05) is 37.3 Å². The van der Waals surface area contributed by atoms with E-state index in [2.05, 4.69) is 26.6 Å². The van der Waals surface area contributed by atoms with Crippen LogP contribution in [0, 0.1) is 5.92 Å². The van der Waals surface area contributed by atoms with Gasteiger partial charge in [0.1, 0.15) is 12.1 Å². The number of carbonyl (C=O) groups excluding carboxylic acids is 5. The zero-order valence-corrected chi connectivity index (χ0v) is 25.1.